The predicted octanol–water partition coefficient (Wildman–Crippen LogP) is 2.70. The smallest absolute Gasteiger partial charge is 0.264 e. The SMILES string of the molecule is CCC(F)(F)CNC(=O)c1cc(N)ccc1Cl. The highest BCUT2D eigenvalue weighted by molar-refractivity contribution is 6.34. The molecule has 6 heteroatoms. The molecule has 0 spiro atoms. The van der Waals surface area contributed by atoms with Crippen LogP contribution in [0.3, 0.4) is 0 Å². The van der Waals surface area contributed by atoms with Crippen LogP contribution in [0, 0.1) is 0 Å². The molecule has 0 atom stereocenters. The number of nitrogens with two attached hydrogens (primary N) is 1. The van der Waals surface area contributed by atoms with Gasteiger partial charge in [0.25, 0.3) is 11.8 Å². The fraction of sp³-hybridized carbons (Fsp3) is 0.364. The zero-order valence-corrected chi connectivity index (χ0v) is 10.0. The molecule has 17 heavy (non-hydrogen) atoms. The first-order chi connectivity index (χ1) is 7.85. The third-order valence-electron chi connectivity index (χ3n) is 2.26. The van der Waals surface area contributed by atoms with Gasteiger partial charge in [0.1, 0.15) is 0 Å². The molecule has 1 aromatic rings. The summed E-state index contributed by atoms with van der Waals surface area (Å²) in [4.78, 5) is 11.6. The minimum Gasteiger partial charge on any atom is -0.399 e. The Morgan fingerprint density at radius 2 is 2.18 bits per heavy atom. The Balaban J connectivity index is 2.74. The molecule has 0 saturated carbocycles. The van der Waals surface area contributed by atoms with E-state index in [-0.39, 0.29) is 17.0 Å². The van der Waals surface area contributed by atoms with Gasteiger partial charge in [-0.2, -0.15) is 0 Å². The summed E-state index contributed by atoms with van der Waals surface area (Å²) in [6.45, 7) is 0.632. The van der Waals surface area contributed by atoms with Crippen molar-refractivity contribution in [3.05, 3.63) is 28.8 Å². The van der Waals surface area contributed by atoms with Gasteiger partial charge >= 0.3 is 0 Å². The quantitative estimate of drug-likeness (QED) is 0.820. The molecule has 0 radical (unpaired) electrons. The summed E-state index contributed by atoms with van der Waals surface area (Å²) >= 11 is 5.77. The van der Waals surface area contributed by atoms with Crippen molar-refractivity contribution in [3.63, 3.8) is 0 Å². The molecule has 0 aliphatic heterocycles. The third-order valence-corrected chi connectivity index (χ3v) is 2.59. The summed E-state index contributed by atoms with van der Waals surface area (Å²) in [6, 6.07) is 4.32. The van der Waals surface area contributed by atoms with E-state index in [1.807, 2.05) is 0 Å². The zero-order chi connectivity index (χ0) is 13.1. The van der Waals surface area contributed by atoms with Crippen LogP contribution in [0.4, 0.5) is 14.5 Å². The fourth-order valence-electron chi connectivity index (χ4n) is 1.15. The Bertz CT molecular complexity index is 424. The van der Waals surface area contributed by atoms with Crippen LogP contribution < -0.4 is 11.1 Å². The van der Waals surface area contributed by atoms with Gasteiger partial charge in [-0.25, -0.2) is 8.78 Å². The average Bonchev–Trinajstić information content (AvgIpc) is 2.29. The van der Waals surface area contributed by atoms with E-state index in [1.165, 1.54) is 25.1 Å². The fourth-order valence-corrected chi connectivity index (χ4v) is 1.35. The summed E-state index contributed by atoms with van der Waals surface area (Å²) < 4.78 is 25.9. The van der Waals surface area contributed by atoms with Crippen molar-refractivity contribution in [2.45, 2.75) is 19.3 Å². The minimum atomic E-state index is -2.91. The molecule has 0 saturated heterocycles. The van der Waals surface area contributed by atoms with Gasteiger partial charge in [0.15, 0.2) is 0 Å². The molecule has 0 fully saturated rings. The first kappa shape index (κ1) is 13.7. The number of hydrogen-bond donors (Lipinski definition) is 2. The number of nitrogens with one attached hydrogen (secondary N) is 1. The van der Waals surface area contributed by atoms with Crippen molar-refractivity contribution in [2.75, 3.05) is 12.3 Å². The van der Waals surface area contributed by atoms with Crippen molar-refractivity contribution < 1.29 is 13.6 Å². The maximum absolute atomic E-state index is 12.9. The number of alkyl halides is 2. The van der Waals surface area contributed by atoms with Crippen LogP contribution in [0.15, 0.2) is 18.2 Å². The average molecular weight is 263 g/mol. The lowest BCUT2D eigenvalue weighted by Crippen LogP contribution is -2.36. The molecule has 0 aliphatic rings. The first-order valence-electron chi connectivity index (χ1n) is 5.07. The van der Waals surface area contributed by atoms with Crippen molar-refractivity contribution in [3.8, 4) is 0 Å². The number of amides is 1. The molecular formula is C11H13ClF2N2O. The van der Waals surface area contributed by atoms with Gasteiger partial charge in [0.2, 0.25) is 0 Å². The van der Waals surface area contributed by atoms with Crippen molar-refractivity contribution >= 4 is 23.2 Å². The number of halogens is 3. The van der Waals surface area contributed by atoms with E-state index >= 15 is 0 Å². The van der Waals surface area contributed by atoms with Gasteiger partial charge in [-0.05, 0) is 18.2 Å². The number of rotatable bonds is 4. The highest BCUT2D eigenvalue weighted by Crippen LogP contribution is 2.20. The second-order valence-corrected chi connectivity index (χ2v) is 4.04. The summed E-state index contributed by atoms with van der Waals surface area (Å²) in [6.07, 6.45) is -0.335. The number of carbonyl (C=O) groups excluding carboxylic acids is 1. The molecule has 94 valence electrons. The van der Waals surface area contributed by atoms with Gasteiger partial charge in [-0.15, -0.1) is 0 Å². The highest BCUT2D eigenvalue weighted by atomic mass is 35.5. The lowest BCUT2D eigenvalue weighted by Gasteiger charge is -2.15. The number of carbonyl (C=O) groups is 1. The van der Waals surface area contributed by atoms with Crippen LogP contribution in [-0.4, -0.2) is 18.4 Å². The van der Waals surface area contributed by atoms with E-state index in [0.29, 0.717) is 5.69 Å². The highest BCUT2D eigenvalue weighted by Gasteiger charge is 2.27. The number of anilines is 1. The largest absolute Gasteiger partial charge is 0.399 e. The van der Waals surface area contributed by atoms with Crippen LogP contribution in [-0.2, 0) is 0 Å². The van der Waals surface area contributed by atoms with Crippen LogP contribution in [0.2, 0.25) is 5.02 Å². The first-order valence-corrected chi connectivity index (χ1v) is 5.44. The minimum absolute atomic E-state index is 0.0959. The predicted molar refractivity (Wildman–Crippen MR) is 63.4 cm³/mol. The molecule has 0 aliphatic carbocycles. The van der Waals surface area contributed by atoms with Crippen LogP contribution >= 0.6 is 11.6 Å². The van der Waals surface area contributed by atoms with Crippen molar-refractivity contribution in [1.29, 1.82) is 0 Å². The topological polar surface area (TPSA) is 55.1 Å². The Morgan fingerprint density at radius 3 is 2.76 bits per heavy atom. The Hall–Kier alpha value is -1.36. The van der Waals surface area contributed by atoms with Crippen LogP contribution in [0.1, 0.15) is 23.7 Å². The maximum Gasteiger partial charge on any atom is 0.264 e. The van der Waals surface area contributed by atoms with Gasteiger partial charge in [-0.1, -0.05) is 18.5 Å². The molecule has 1 amide bonds. The number of benzene rings is 1. The second kappa shape index (κ2) is 5.31. The zero-order valence-electron chi connectivity index (χ0n) is 9.27. The molecule has 0 heterocycles. The van der Waals surface area contributed by atoms with E-state index < -0.39 is 18.4 Å². The molecule has 0 bridgehead atoms. The van der Waals surface area contributed by atoms with E-state index in [0.717, 1.165) is 0 Å². The molecule has 1 aromatic carbocycles. The normalized spacial score (nSPS) is 11.3. The third kappa shape index (κ3) is 3.85. The second-order valence-electron chi connectivity index (χ2n) is 3.63. The van der Waals surface area contributed by atoms with E-state index in [9.17, 15) is 13.6 Å². The number of nitrogen functional groups attached to an aromatic ring is 1. The standard InChI is InChI=1S/C11H13ClF2N2O/c1-2-11(13,14)6-16-10(17)8-5-7(15)3-4-9(8)12/h3-5H,2,6,15H2,1H3,(H,16,17). The monoisotopic (exact) mass is 262 g/mol. The molecule has 0 unspecified atom stereocenters. The molecule has 3 nitrogen and oxygen atoms in total. The van der Waals surface area contributed by atoms with Crippen LogP contribution in [0.5, 0.6) is 0 Å². The van der Waals surface area contributed by atoms with Gasteiger partial charge in [0, 0.05) is 12.1 Å². The lowest BCUT2D eigenvalue weighted by atomic mass is 10.2. The summed E-state index contributed by atoms with van der Waals surface area (Å²) in [5, 5.41) is 2.31. The van der Waals surface area contributed by atoms with Crippen molar-refractivity contribution in [1.82, 2.24) is 5.32 Å². The van der Waals surface area contributed by atoms with Crippen LogP contribution in [0.25, 0.3) is 0 Å². The van der Waals surface area contributed by atoms with Gasteiger partial charge < -0.3 is 11.1 Å². The number of hydrogen-bond acceptors (Lipinski definition) is 2. The van der Waals surface area contributed by atoms with Crippen molar-refractivity contribution in [2.24, 2.45) is 0 Å². The summed E-state index contributed by atoms with van der Waals surface area (Å²) in [5.74, 6) is -3.57. The van der Waals surface area contributed by atoms with E-state index in [1.54, 1.807) is 0 Å². The van der Waals surface area contributed by atoms with E-state index in [4.69, 9.17) is 17.3 Å². The molecular weight excluding hydrogens is 250 g/mol. The van der Waals surface area contributed by atoms with Gasteiger partial charge in [0.05, 0.1) is 17.1 Å². The molecule has 1 rings (SSSR count). The Labute approximate surface area is 103 Å². The Kier molecular flexibility index (Phi) is 4.28. The molecule has 0 aromatic heterocycles. The van der Waals surface area contributed by atoms with E-state index in [2.05, 4.69) is 5.32 Å². The van der Waals surface area contributed by atoms with Gasteiger partial charge in [-0.3, -0.25) is 4.79 Å². The maximum atomic E-state index is 12.9. The molecule has 3 N–H and O–H groups in total. The summed E-state index contributed by atoms with van der Waals surface area (Å²) in [5.41, 5.74) is 5.93. The lowest BCUT2D eigenvalue weighted by molar-refractivity contribution is -0.00101. The summed E-state index contributed by atoms with van der Waals surface area (Å²) in [7, 11) is 0. The Morgan fingerprint density at radius 1 is 1.53 bits per heavy atom.